The van der Waals surface area contributed by atoms with Crippen LogP contribution in [0.5, 0.6) is 5.75 Å². The lowest BCUT2D eigenvalue weighted by atomic mass is 10.2. The van der Waals surface area contributed by atoms with Crippen molar-refractivity contribution in [3.8, 4) is 17.1 Å². The van der Waals surface area contributed by atoms with Crippen LogP contribution in [0.3, 0.4) is 0 Å². The molecule has 0 radical (unpaired) electrons. The highest BCUT2D eigenvalue weighted by molar-refractivity contribution is 7.92. The fourth-order valence-corrected chi connectivity index (χ4v) is 4.19. The quantitative estimate of drug-likeness (QED) is 0.638. The number of nitrogens with zero attached hydrogens (tertiary/aromatic N) is 3. The largest absolute Gasteiger partial charge is 0.476 e. The molecule has 156 valence electrons. The Kier molecular flexibility index (Phi) is 5.40. The second-order valence-electron chi connectivity index (χ2n) is 6.60. The molecule has 2 heterocycles. The lowest BCUT2D eigenvalue weighted by Gasteiger charge is -2.34. The van der Waals surface area contributed by atoms with Crippen molar-refractivity contribution in [2.45, 2.75) is 19.6 Å². The number of hydrogen-bond acceptors (Lipinski definition) is 7. The third kappa shape index (κ3) is 3.99. The van der Waals surface area contributed by atoms with Crippen molar-refractivity contribution in [3.05, 3.63) is 60.5 Å². The number of ether oxygens (including phenoxy) is 1. The number of nitrogens with one attached hydrogen (secondary N) is 1. The zero-order valence-electron chi connectivity index (χ0n) is 16.2. The van der Waals surface area contributed by atoms with E-state index in [1.165, 1.54) is 4.31 Å². The summed E-state index contributed by atoms with van der Waals surface area (Å²) < 4.78 is 37.2. The van der Waals surface area contributed by atoms with Gasteiger partial charge in [0, 0.05) is 5.56 Å². The molecule has 0 bridgehead atoms. The van der Waals surface area contributed by atoms with Crippen LogP contribution in [-0.4, -0.2) is 42.9 Å². The molecule has 0 saturated carbocycles. The second-order valence-corrected chi connectivity index (χ2v) is 8.78. The van der Waals surface area contributed by atoms with Gasteiger partial charge in [0.1, 0.15) is 5.75 Å². The van der Waals surface area contributed by atoms with Crippen molar-refractivity contribution in [1.29, 1.82) is 0 Å². The monoisotopic (exact) mass is 428 g/mol. The number of benzene rings is 2. The van der Waals surface area contributed by atoms with E-state index in [9.17, 15) is 13.2 Å². The molecule has 1 amide bonds. The normalized spacial score (nSPS) is 15.9. The first kappa shape index (κ1) is 19.9. The molecule has 1 aliphatic heterocycles. The number of sulfonamides is 1. The average molecular weight is 428 g/mol. The molecular formula is C20H20N4O5S. The number of rotatable bonds is 6. The molecule has 0 fully saturated rings. The number of fused-ring (bicyclic) bond motifs is 1. The molecule has 0 unspecified atom stereocenters. The summed E-state index contributed by atoms with van der Waals surface area (Å²) >= 11 is 0. The van der Waals surface area contributed by atoms with Crippen LogP contribution in [-0.2, 0) is 21.4 Å². The third-order valence-electron chi connectivity index (χ3n) is 4.64. The Balaban J connectivity index is 1.46. The molecule has 0 aliphatic carbocycles. The highest BCUT2D eigenvalue weighted by Gasteiger charge is 2.35. The van der Waals surface area contributed by atoms with Crippen LogP contribution in [0.15, 0.2) is 59.1 Å². The number of amides is 1. The maximum atomic E-state index is 12.7. The van der Waals surface area contributed by atoms with Crippen LogP contribution in [0.25, 0.3) is 11.4 Å². The van der Waals surface area contributed by atoms with Gasteiger partial charge in [-0.25, -0.2) is 8.42 Å². The summed E-state index contributed by atoms with van der Waals surface area (Å²) in [5.74, 6) is 0.435. The van der Waals surface area contributed by atoms with E-state index in [1.54, 1.807) is 31.2 Å². The fraction of sp³-hybridized carbons (Fsp3) is 0.250. The Labute approximate surface area is 173 Å². The van der Waals surface area contributed by atoms with E-state index in [-0.39, 0.29) is 24.7 Å². The molecule has 2 aromatic carbocycles. The van der Waals surface area contributed by atoms with Gasteiger partial charge >= 0.3 is 0 Å². The van der Waals surface area contributed by atoms with Crippen LogP contribution >= 0.6 is 0 Å². The van der Waals surface area contributed by atoms with E-state index >= 15 is 0 Å². The van der Waals surface area contributed by atoms with Gasteiger partial charge in [-0.05, 0) is 19.1 Å². The first-order valence-electron chi connectivity index (χ1n) is 9.40. The lowest BCUT2D eigenvalue weighted by Crippen LogP contribution is -2.50. The average Bonchev–Trinajstić information content (AvgIpc) is 3.26. The minimum absolute atomic E-state index is 0.000696. The zero-order valence-corrected chi connectivity index (χ0v) is 17.0. The SMILES string of the molecule is CCS(=O)(=O)N1C[C@H](C(=O)NCc2nc(-c3ccccc3)no2)Oc2ccccc21. The number of carbonyl (C=O) groups excluding carboxylic acids is 1. The van der Waals surface area contributed by atoms with Crippen molar-refractivity contribution in [2.24, 2.45) is 0 Å². The first-order chi connectivity index (χ1) is 14.5. The van der Waals surface area contributed by atoms with Crippen molar-refractivity contribution >= 4 is 21.6 Å². The Morgan fingerprint density at radius 3 is 2.67 bits per heavy atom. The number of hydrogen-bond donors (Lipinski definition) is 1. The third-order valence-corrected chi connectivity index (χ3v) is 6.39. The van der Waals surface area contributed by atoms with Crippen molar-refractivity contribution < 1.29 is 22.5 Å². The molecule has 1 N–H and O–H groups in total. The van der Waals surface area contributed by atoms with Crippen LogP contribution in [0.2, 0.25) is 0 Å². The molecule has 9 nitrogen and oxygen atoms in total. The number of carbonyl (C=O) groups is 1. The second kappa shape index (κ2) is 8.15. The smallest absolute Gasteiger partial charge is 0.263 e. The van der Waals surface area contributed by atoms with E-state index in [2.05, 4.69) is 15.5 Å². The molecule has 30 heavy (non-hydrogen) atoms. The molecule has 0 saturated heterocycles. The predicted octanol–water partition coefficient (Wildman–Crippen LogP) is 1.97. The highest BCUT2D eigenvalue weighted by atomic mass is 32.2. The highest BCUT2D eigenvalue weighted by Crippen LogP contribution is 2.35. The summed E-state index contributed by atoms with van der Waals surface area (Å²) in [6.45, 7) is 1.45. The maximum Gasteiger partial charge on any atom is 0.263 e. The van der Waals surface area contributed by atoms with Gasteiger partial charge < -0.3 is 14.6 Å². The van der Waals surface area contributed by atoms with Crippen LogP contribution in [0.1, 0.15) is 12.8 Å². The maximum absolute atomic E-state index is 12.7. The first-order valence-corrected chi connectivity index (χ1v) is 11.0. The molecule has 1 aromatic heterocycles. The lowest BCUT2D eigenvalue weighted by molar-refractivity contribution is -0.128. The minimum Gasteiger partial charge on any atom is -0.476 e. The fourth-order valence-electron chi connectivity index (χ4n) is 3.07. The summed E-state index contributed by atoms with van der Waals surface area (Å²) in [5, 5.41) is 6.58. The van der Waals surface area contributed by atoms with E-state index in [0.29, 0.717) is 17.3 Å². The van der Waals surface area contributed by atoms with E-state index in [4.69, 9.17) is 9.26 Å². The van der Waals surface area contributed by atoms with Crippen LogP contribution in [0.4, 0.5) is 5.69 Å². The van der Waals surface area contributed by atoms with E-state index < -0.39 is 22.0 Å². The summed E-state index contributed by atoms with van der Waals surface area (Å²) in [7, 11) is -3.56. The molecule has 4 rings (SSSR count). The van der Waals surface area contributed by atoms with E-state index in [0.717, 1.165) is 5.56 Å². The van der Waals surface area contributed by atoms with Gasteiger partial charge in [0.05, 0.1) is 24.5 Å². The standard InChI is InChI=1S/C20H20N4O5S/c1-2-30(26,27)24-13-17(28-16-11-7-6-10-15(16)24)20(25)21-12-18-22-19(23-29-18)14-8-4-3-5-9-14/h3-11,17H,2,12-13H2,1H3,(H,21,25)/t17-/m1/s1. The molecule has 10 heteroatoms. The van der Waals surface area contributed by atoms with Gasteiger partial charge in [-0.2, -0.15) is 4.98 Å². The van der Waals surface area contributed by atoms with Gasteiger partial charge in [0.2, 0.25) is 21.7 Å². The summed E-state index contributed by atoms with van der Waals surface area (Å²) in [6.07, 6.45) is -1.00. The number of aromatic nitrogens is 2. The minimum atomic E-state index is -3.56. The van der Waals surface area contributed by atoms with E-state index in [1.807, 2.05) is 30.3 Å². The van der Waals surface area contributed by atoms with Gasteiger partial charge in [-0.3, -0.25) is 9.10 Å². The molecule has 1 aliphatic rings. The zero-order chi connectivity index (χ0) is 21.1. The Bertz CT molecular complexity index is 1150. The summed E-state index contributed by atoms with van der Waals surface area (Å²) in [5.41, 5.74) is 1.22. The van der Waals surface area contributed by atoms with Crippen molar-refractivity contribution in [2.75, 3.05) is 16.6 Å². The molecular weight excluding hydrogens is 408 g/mol. The number of para-hydroxylation sites is 2. The molecule has 1 atom stereocenters. The van der Waals surface area contributed by atoms with Gasteiger partial charge in [-0.15, -0.1) is 0 Å². The van der Waals surface area contributed by atoms with Crippen LogP contribution in [0, 0.1) is 0 Å². The molecule has 3 aromatic rings. The van der Waals surface area contributed by atoms with Crippen molar-refractivity contribution in [3.63, 3.8) is 0 Å². The van der Waals surface area contributed by atoms with Gasteiger partial charge in [-0.1, -0.05) is 47.6 Å². The van der Waals surface area contributed by atoms with Crippen molar-refractivity contribution in [1.82, 2.24) is 15.5 Å². The predicted molar refractivity (Wildman–Crippen MR) is 109 cm³/mol. The molecule has 0 spiro atoms. The summed E-state index contributed by atoms with van der Waals surface area (Å²) in [6, 6.07) is 16.0. The number of anilines is 1. The Morgan fingerprint density at radius 1 is 1.17 bits per heavy atom. The Morgan fingerprint density at radius 2 is 1.90 bits per heavy atom. The Hall–Kier alpha value is -3.40. The van der Waals surface area contributed by atoms with Gasteiger partial charge in [0.15, 0.2) is 6.10 Å². The summed E-state index contributed by atoms with van der Waals surface area (Å²) in [4.78, 5) is 16.9. The topological polar surface area (TPSA) is 115 Å². The van der Waals surface area contributed by atoms with Gasteiger partial charge in [0.25, 0.3) is 5.91 Å². The van der Waals surface area contributed by atoms with Crippen LogP contribution < -0.4 is 14.4 Å².